The summed E-state index contributed by atoms with van der Waals surface area (Å²) in [7, 11) is 1.79. The van der Waals surface area contributed by atoms with Gasteiger partial charge in [-0.15, -0.1) is 5.10 Å². The first kappa shape index (κ1) is 17.4. The molecule has 8 heteroatoms. The van der Waals surface area contributed by atoms with E-state index in [0.717, 1.165) is 22.9 Å². The van der Waals surface area contributed by atoms with Crippen LogP contribution in [0, 0.1) is 0 Å². The molecule has 0 saturated carbocycles. The molecule has 1 N–H and O–H groups in total. The van der Waals surface area contributed by atoms with Crippen molar-refractivity contribution in [3.63, 3.8) is 0 Å². The number of amides is 1. The topological polar surface area (TPSA) is 84.1 Å². The molecule has 0 spiro atoms. The quantitative estimate of drug-likeness (QED) is 0.546. The van der Waals surface area contributed by atoms with Crippen molar-refractivity contribution in [1.82, 2.24) is 25.1 Å². The molecule has 124 valence electrons. The lowest BCUT2D eigenvalue weighted by Crippen LogP contribution is -2.33. The highest BCUT2D eigenvalue weighted by atomic mass is 32.2. The van der Waals surface area contributed by atoms with E-state index in [2.05, 4.69) is 15.5 Å². The molecule has 1 aromatic heterocycles. The summed E-state index contributed by atoms with van der Waals surface area (Å²) in [6, 6.07) is 9.80. The SMILES string of the molecule is Cn1nnnc1SCCCC(=O)N(CCO)Cc1ccccc1. The molecule has 1 amide bonds. The lowest BCUT2D eigenvalue weighted by Gasteiger charge is -2.22. The zero-order chi connectivity index (χ0) is 16.5. The predicted molar refractivity (Wildman–Crippen MR) is 87.7 cm³/mol. The van der Waals surface area contributed by atoms with E-state index in [0.29, 0.717) is 19.5 Å². The predicted octanol–water partition coefficient (Wildman–Crippen LogP) is 1.10. The normalized spacial score (nSPS) is 10.7. The van der Waals surface area contributed by atoms with Crippen LogP contribution in [0.5, 0.6) is 0 Å². The zero-order valence-electron chi connectivity index (χ0n) is 13.1. The Morgan fingerprint density at radius 1 is 1.35 bits per heavy atom. The van der Waals surface area contributed by atoms with Crippen LogP contribution < -0.4 is 0 Å². The lowest BCUT2D eigenvalue weighted by molar-refractivity contribution is -0.132. The minimum Gasteiger partial charge on any atom is -0.395 e. The summed E-state index contributed by atoms with van der Waals surface area (Å²) in [6.07, 6.45) is 1.19. The summed E-state index contributed by atoms with van der Waals surface area (Å²) in [5.74, 6) is 0.831. The molecular formula is C15H21N5O2S. The second-order valence-corrected chi connectivity index (χ2v) is 6.12. The average Bonchev–Trinajstić information content (AvgIpc) is 2.97. The van der Waals surface area contributed by atoms with Crippen LogP contribution in [0.3, 0.4) is 0 Å². The van der Waals surface area contributed by atoms with Crippen molar-refractivity contribution < 1.29 is 9.90 Å². The third-order valence-electron chi connectivity index (χ3n) is 3.29. The molecular weight excluding hydrogens is 314 g/mol. The van der Waals surface area contributed by atoms with E-state index in [1.807, 2.05) is 30.3 Å². The number of thioether (sulfide) groups is 1. The summed E-state index contributed by atoms with van der Waals surface area (Å²) in [5.41, 5.74) is 1.06. The lowest BCUT2D eigenvalue weighted by atomic mass is 10.2. The number of nitrogens with zero attached hydrogens (tertiary/aromatic N) is 5. The Labute approximate surface area is 139 Å². The van der Waals surface area contributed by atoms with E-state index in [9.17, 15) is 4.79 Å². The number of benzene rings is 1. The van der Waals surface area contributed by atoms with Crippen LogP contribution >= 0.6 is 11.8 Å². The number of tetrazole rings is 1. The summed E-state index contributed by atoms with van der Waals surface area (Å²) in [6.45, 7) is 0.854. The maximum Gasteiger partial charge on any atom is 0.222 e. The van der Waals surface area contributed by atoms with Crippen LogP contribution in [0.4, 0.5) is 0 Å². The Morgan fingerprint density at radius 2 is 2.13 bits per heavy atom. The average molecular weight is 335 g/mol. The number of carbonyl (C=O) groups excluding carboxylic acids is 1. The number of hydrogen-bond donors (Lipinski definition) is 1. The molecule has 1 aromatic carbocycles. The van der Waals surface area contributed by atoms with Gasteiger partial charge in [0, 0.05) is 32.3 Å². The third kappa shape index (κ3) is 5.65. The van der Waals surface area contributed by atoms with E-state index in [1.165, 1.54) is 11.8 Å². The summed E-state index contributed by atoms with van der Waals surface area (Å²) in [5, 5.41) is 21.1. The van der Waals surface area contributed by atoms with Crippen molar-refractivity contribution in [1.29, 1.82) is 0 Å². The van der Waals surface area contributed by atoms with E-state index in [-0.39, 0.29) is 12.5 Å². The van der Waals surface area contributed by atoms with Gasteiger partial charge in [0.05, 0.1) is 6.61 Å². The molecule has 0 unspecified atom stereocenters. The van der Waals surface area contributed by atoms with E-state index in [4.69, 9.17) is 5.11 Å². The fraction of sp³-hybridized carbons (Fsp3) is 0.467. The molecule has 0 aliphatic heterocycles. The van der Waals surface area contributed by atoms with Crippen molar-refractivity contribution in [2.75, 3.05) is 18.9 Å². The third-order valence-corrected chi connectivity index (χ3v) is 4.38. The van der Waals surface area contributed by atoms with Crippen LogP contribution in [-0.4, -0.2) is 55.0 Å². The van der Waals surface area contributed by atoms with Crippen LogP contribution in [0.15, 0.2) is 35.5 Å². The molecule has 1 heterocycles. The van der Waals surface area contributed by atoms with Crippen LogP contribution in [-0.2, 0) is 18.4 Å². The second kappa shape index (κ2) is 9.26. The smallest absolute Gasteiger partial charge is 0.222 e. The minimum absolute atomic E-state index is 0.0298. The monoisotopic (exact) mass is 335 g/mol. The Balaban J connectivity index is 1.77. The van der Waals surface area contributed by atoms with Crippen LogP contribution in [0.2, 0.25) is 0 Å². The van der Waals surface area contributed by atoms with E-state index >= 15 is 0 Å². The number of rotatable bonds is 9. The van der Waals surface area contributed by atoms with Crippen molar-refractivity contribution in [3.8, 4) is 0 Å². The number of hydrogen-bond acceptors (Lipinski definition) is 6. The Kier molecular flexibility index (Phi) is 7.02. The van der Waals surface area contributed by atoms with Gasteiger partial charge in [0.15, 0.2) is 0 Å². The van der Waals surface area contributed by atoms with Gasteiger partial charge >= 0.3 is 0 Å². The fourth-order valence-corrected chi connectivity index (χ4v) is 2.89. The van der Waals surface area contributed by atoms with Crippen LogP contribution in [0.1, 0.15) is 18.4 Å². The Morgan fingerprint density at radius 3 is 2.78 bits per heavy atom. The van der Waals surface area contributed by atoms with Gasteiger partial charge in [-0.05, 0) is 22.4 Å². The maximum atomic E-state index is 12.3. The van der Waals surface area contributed by atoms with E-state index < -0.39 is 0 Å². The zero-order valence-corrected chi connectivity index (χ0v) is 13.9. The molecule has 23 heavy (non-hydrogen) atoms. The minimum atomic E-state index is -0.0298. The van der Waals surface area contributed by atoms with Gasteiger partial charge < -0.3 is 10.0 Å². The first-order valence-corrected chi connectivity index (χ1v) is 8.47. The van der Waals surface area contributed by atoms with Gasteiger partial charge in [0.1, 0.15) is 0 Å². The number of aryl methyl sites for hydroxylation is 1. The van der Waals surface area contributed by atoms with Gasteiger partial charge in [-0.3, -0.25) is 4.79 Å². The first-order valence-electron chi connectivity index (χ1n) is 7.48. The molecule has 0 fully saturated rings. The van der Waals surface area contributed by atoms with Crippen molar-refractivity contribution in [2.24, 2.45) is 7.05 Å². The van der Waals surface area contributed by atoms with Crippen LogP contribution in [0.25, 0.3) is 0 Å². The van der Waals surface area contributed by atoms with Gasteiger partial charge in [-0.25, -0.2) is 4.68 Å². The second-order valence-electron chi connectivity index (χ2n) is 5.06. The largest absolute Gasteiger partial charge is 0.395 e. The summed E-state index contributed by atoms with van der Waals surface area (Å²) >= 11 is 1.53. The summed E-state index contributed by atoms with van der Waals surface area (Å²) in [4.78, 5) is 14.0. The van der Waals surface area contributed by atoms with Gasteiger partial charge in [-0.1, -0.05) is 42.1 Å². The highest BCUT2D eigenvalue weighted by molar-refractivity contribution is 7.99. The molecule has 2 aromatic rings. The number of carbonyl (C=O) groups is 1. The molecule has 0 saturated heterocycles. The van der Waals surface area contributed by atoms with E-state index in [1.54, 1.807) is 16.6 Å². The number of aromatic nitrogens is 4. The molecule has 0 aliphatic carbocycles. The fourth-order valence-electron chi connectivity index (χ4n) is 2.10. The Hall–Kier alpha value is -1.93. The van der Waals surface area contributed by atoms with Crippen molar-refractivity contribution >= 4 is 17.7 Å². The van der Waals surface area contributed by atoms with Crippen molar-refractivity contribution in [2.45, 2.75) is 24.5 Å². The maximum absolute atomic E-state index is 12.3. The highest BCUT2D eigenvalue weighted by Crippen LogP contribution is 2.15. The van der Waals surface area contributed by atoms with Crippen molar-refractivity contribution in [3.05, 3.63) is 35.9 Å². The molecule has 0 radical (unpaired) electrons. The molecule has 0 aliphatic rings. The summed E-state index contributed by atoms with van der Waals surface area (Å²) < 4.78 is 1.61. The molecule has 0 bridgehead atoms. The molecule has 2 rings (SSSR count). The van der Waals surface area contributed by atoms with Gasteiger partial charge in [0.25, 0.3) is 0 Å². The Bertz CT molecular complexity index is 605. The molecule has 0 atom stereocenters. The van der Waals surface area contributed by atoms with Gasteiger partial charge in [-0.2, -0.15) is 0 Å². The number of aliphatic hydroxyl groups excluding tert-OH is 1. The first-order chi connectivity index (χ1) is 11.2. The standard InChI is InChI=1S/C15H21N5O2S/c1-19-15(16-17-18-19)23-11-5-8-14(22)20(9-10-21)12-13-6-3-2-4-7-13/h2-4,6-7,21H,5,8-12H2,1H3. The number of aliphatic hydroxyl groups is 1. The van der Waals surface area contributed by atoms with Gasteiger partial charge in [0.2, 0.25) is 11.1 Å². The molecule has 7 nitrogen and oxygen atoms in total. The highest BCUT2D eigenvalue weighted by Gasteiger charge is 2.13.